The van der Waals surface area contributed by atoms with Crippen LogP contribution in [0.5, 0.6) is 5.75 Å². The van der Waals surface area contributed by atoms with Crippen LogP contribution in [0, 0.1) is 0 Å². The maximum absolute atomic E-state index is 13.1. The average molecular weight is 431 g/mol. The van der Waals surface area contributed by atoms with Crippen LogP contribution in [0.3, 0.4) is 0 Å². The fourth-order valence-corrected chi connectivity index (χ4v) is 2.89. The van der Waals surface area contributed by atoms with Gasteiger partial charge in [-0.2, -0.15) is 0 Å². The highest BCUT2D eigenvalue weighted by molar-refractivity contribution is 9.10. The van der Waals surface area contributed by atoms with Gasteiger partial charge < -0.3 is 13.9 Å². The normalized spacial score (nSPS) is 10.6. The van der Waals surface area contributed by atoms with Crippen LogP contribution in [0.1, 0.15) is 24.4 Å². The summed E-state index contributed by atoms with van der Waals surface area (Å²) in [6.07, 6.45) is 0. The molecule has 0 radical (unpaired) electrons. The van der Waals surface area contributed by atoms with E-state index in [1.165, 1.54) is 25.1 Å². The zero-order valence-corrected chi connectivity index (χ0v) is 16.2. The van der Waals surface area contributed by atoms with Crippen LogP contribution in [0.25, 0.3) is 22.1 Å². The number of halogens is 1. The molecule has 0 aliphatic rings. The molecule has 138 valence electrons. The summed E-state index contributed by atoms with van der Waals surface area (Å²) in [4.78, 5) is 36.7. The molecule has 0 fully saturated rings. The third-order valence-electron chi connectivity index (χ3n) is 3.72. The Labute approximate surface area is 162 Å². The van der Waals surface area contributed by atoms with Crippen molar-refractivity contribution in [3.05, 3.63) is 62.9 Å². The molecule has 0 saturated carbocycles. The minimum absolute atomic E-state index is 0.119. The number of carbonyl (C=O) groups is 2. The molecule has 0 atom stereocenters. The number of benzene rings is 2. The predicted octanol–water partition coefficient (Wildman–Crippen LogP) is 4.32. The monoisotopic (exact) mass is 430 g/mol. The first-order chi connectivity index (χ1) is 12.9. The van der Waals surface area contributed by atoms with Gasteiger partial charge in [0.2, 0.25) is 11.2 Å². The van der Waals surface area contributed by atoms with E-state index in [2.05, 4.69) is 15.9 Å². The molecule has 6 nitrogen and oxygen atoms in total. The van der Waals surface area contributed by atoms with Crippen molar-refractivity contribution < 1.29 is 23.5 Å². The molecule has 2 aromatic carbocycles. The van der Waals surface area contributed by atoms with E-state index in [1.807, 2.05) is 0 Å². The molecule has 0 spiro atoms. The van der Waals surface area contributed by atoms with Crippen LogP contribution < -0.4 is 10.2 Å². The Morgan fingerprint density at radius 2 is 1.81 bits per heavy atom. The second-order valence-corrected chi connectivity index (χ2v) is 6.53. The molecule has 3 aromatic rings. The SMILES string of the molecule is CCOC(=O)c1oc2cc(OC(C)=O)ccc2c(=O)c1-c1ccc(Br)cc1. The zero-order valence-electron chi connectivity index (χ0n) is 14.6. The number of hydrogen-bond acceptors (Lipinski definition) is 6. The maximum Gasteiger partial charge on any atom is 0.375 e. The number of carbonyl (C=O) groups excluding carboxylic acids is 2. The van der Waals surface area contributed by atoms with Gasteiger partial charge >= 0.3 is 11.9 Å². The van der Waals surface area contributed by atoms with Crippen LogP contribution in [0.4, 0.5) is 0 Å². The molecular weight excluding hydrogens is 416 g/mol. The average Bonchev–Trinajstić information content (AvgIpc) is 2.62. The first-order valence-corrected chi connectivity index (χ1v) is 8.92. The van der Waals surface area contributed by atoms with E-state index in [1.54, 1.807) is 31.2 Å². The topological polar surface area (TPSA) is 82.8 Å². The summed E-state index contributed by atoms with van der Waals surface area (Å²) in [7, 11) is 0. The fraction of sp³-hybridized carbons (Fsp3) is 0.150. The lowest BCUT2D eigenvalue weighted by atomic mass is 10.0. The summed E-state index contributed by atoms with van der Waals surface area (Å²) >= 11 is 3.34. The minimum atomic E-state index is -0.743. The van der Waals surface area contributed by atoms with Crippen molar-refractivity contribution in [2.75, 3.05) is 6.61 Å². The van der Waals surface area contributed by atoms with Gasteiger partial charge in [0.05, 0.1) is 17.6 Å². The molecular formula is C20H15BrO6. The quantitative estimate of drug-likeness (QED) is 0.452. The first-order valence-electron chi connectivity index (χ1n) is 8.13. The molecule has 1 aromatic heterocycles. The van der Waals surface area contributed by atoms with Gasteiger partial charge in [-0.25, -0.2) is 4.79 Å². The largest absolute Gasteiger partial charge is 0.460 e. The predicted molar refractivity (Wildman–Crippen MR) is 103 cm³/mol. The van der Waals surface area contributed by atoms with E-state index in [-0.39, 0.29) is 40.1 Å². The Bertz CT molecular complexity index is 1080. The van der Waals surface area contributed by atoms with Crippen LogP contribution in [-0.2, 0) is 9.53 Å². The standard InChI is InChI=1S/C20H15BrO6/c1-3-25-20(24)19-17(12-4-6-13(21)7-5-12)18(23)15-9-8-14(26-11(2)22)10-16(15)27-19/h4-10H,3H2,1-2H3. The molecule has 0 saturated heterocycles. The van der Waals surface area contributed by atoms with Gasteiger partial charge in [-0.3, -0.25) is 9.59 Å². The molecule has 3 rings (SSSR count). The van der Waals surface area contributed by atoms with E-state index < -0.39 is 11.9 Å². The van der Waals surface area contributed by atoms with Gasteiger partial charge in [0.15, 0.2) is 0 Å². The van der Waals surface area contributed by atoms with Crippen LogP contribution in [0.2, 0.25) is 0 Å². The summed E-state index contributed by atoms with van der Waals surface area (Å²) in [5.41, 5.74) is 0.397. The van der Waals surface area contributed by atoms with E-state index >= 15 is 0 Å². The Morgan fingerprint density at radius 3 is 2.44 bits per heavy atom. The Morgan fingerprint density at radius 1 is 1.11 bits per heavy atom. The van der Waals surface area contributed by atoms with Crippen molar-refractivity contribution in [1.82, 2.24) is 0 Å². The number of esters is 2. The first kappa shape index (κ1) is 18.8. The molecule has 1 heterocycles. The maximum atomic E-state index is 13.1. The highest BCUT2D eigenvalue weighted by Crippen LogP contribution is 2.28. The molecule has 0 aliphatic carbocycles. The summed E-state index contributed by atoms with van der Waals surface area (Å²) in [5.74, 6) is -1.23. The van der Waals surface area contributed by atoms with Crippen LogP contribution in [-0.4, -0.2) is 18.5 Å². The van der Waals surface area contributed by atoms with Gasteiger partial charge in [-0.05, 0) is 36.8 Å². The van der Waals surface area contributed by atoms with Gasteiger partial charge in [0.1, 0.15) is 11.3 Å². The van der Waals surface area contributed by atoms with E-state index in [4.69, 9.17) is 13.9 Å². The third-order valence-corrected chi connectivity index (χ3v) is 4.25. The van der Waals surface area contributed by atoms with E-state index in [0.29, 0.717) is 5.56 Å². The molecule has 0 bridgehead atoms. The van der Waals surface area contributed by atoms with E-state index in [0.717, 1.165) is 4.47 Å². The van der Waals surface area contributed by atoms with Crippen molar-refractivity contribution in [1.29, 1.82) is 0 Å². The van der Waals surface area contributed by atoms with Gasteiger partial charge in [0.25, 0.3) is 0 Å². The Kier molecular flexibility index (Phi) is 5.41. The summed E-state index contributed by atoms with van der Waals surface area (Å²) in [5, 5.41) is 0.261. The van der Waals surface area contributed by atoms with Crippen LogP contribution >= 0.6 is 15.9 Å². The molecule has 0 unspecified atom stereocenters. The lowest BCUT2D eigenvalue weighted by molar-refractivity contribution is -0.131. The van der Waals surface area contributed by atoms with Crippen molar-refractivity contribution in [2.45, 2.75) is 13.8 Å². The molecule has 0 aliphatic heterocycles. The third kappa shape index (κ3) is 3.93. The highest BCUT2D eigenvalue weighted by Gasteiger charge is 2.23. The summed E-state index contributed by atoms with van der Waals surface area (Å²) in [6.45, 7) is 3.06. The molecule has 27 heavy (non-hydrogen) atoms. The summed E-state index contributed by atoms with van der Waals surface area (Å²) < 4.78 is 16.6. The number of hydrogen-bond donors (Lipinski definition) is 0. The molecule has 0 N–H and O–H groups in total. The van der Waals surface area contributed by atoms with Crippen LogP contribution in [0.15, 0.2) is 56.1 Å². The second-order valence-electron chi connectivity index (χ2n) is 5.61. The lowest BCUT2D eigenvalue weighted by Crippen LogP contribution is -2.15. The van der Waals surface area contributed by atoms with Gasteiger partial charge in [-0.15, -0.1) is 0 Å². The van der Waals surface area contributed by atoms with Crippen molar-refractivity contribution in [3.8, 4) is 16.9 Å². The van der Waals surface area contributed by atoms with E-state index in [9.17, 15) is 14.4 Å². The van der Waals surface area contributed by atoms with Gasteiger partial charge in [-0.1, -0.05) is 28.1 Å². The smallest absolute Gasteiger partial charge is 0.375 e. The minimum Gasteiger partial charge on any atom is -0.460 e. The van der Waals surface area contributed by atoms with Crippen molar-refractivity contribution in [2.24, 2.45) is 0 Å². The Balaban J connectivity index is 2.28. The lowest BCUT2D eigenvalue weighted by Gasteiger charge is -2.10. The highest BCUT2D eigenvalue weighted by atomic mass is 79.9. The summed E-state index contributed by atoms with van der Waals surface area (Å²) in [6, 6.07) is 11.3. The second kappa shape index (κ2) is 7.75. The zero-order chi connectivity index (χ0) is 19.6. The fourth-order valence-electron chi connectivity index (χ4n) is 2.62. The number of fused-ring (bicyclic) bond motifs is 1. The molecule has 0 amide bonds. The molecule has 7 heteroatoms. The van der Waals surface area contributed by atoms with Crippen molar-refractivity contribution >= 4 is 38.8 Å². The van der Waals surface area contributed by atoms with Gasteiger partial charge in [0, 0.05) is 17.5 Å². The Hall–Kier alpha value is -2.93. The number of rotatable bonds is 4. The van der Waals surface area contributed by atoms with Crippen molar-refractivity contribution in [3.63, 3.8) is 0 Å². The number of ether oxygens (including phenoxy) is 2.